The van der Waals surface area contributed by atoms with Crippen molar-refractivity contribution >= 4 is 5.91 Å². The van der Waals surface area contributed by atoms with Gasteiger partial charge in [0.1, 0.15) is 0 Å². The number of fused-ring (bicyclic) bond motifs is 1. The van der Waals surface area contributed by atoms with Gasteiger partial charge in [0.05, 0.1) is 0 Å². The maximum atomic E-state index is 12.0. The summed E-state index contributed by atoms with van der Waals surface area (Å²) in [4.78, 5) is 12.0. The van der Waals surface area contributed by atoms with Gasteiger partial charge in [-0.25, -0.2) is 0 Å². The van der Waals surface area contributed by atoms with E-state index in [1.54, 1.807) is 0 Å². The lowest BCUT2D eigenvalue weighted by molar-refractivity contribution is -0.122. The first kappa shape index (κ1) is 15.8. The molecule has 1 unspecified atom stereocenters. The SMILES string of the molecule is CCCCCCCCC(=O)NC1CC[C@H]2CNC[C@H]2C1. The third-order valence-corrected chi connectivity index (χ3v) is 5.08. The number of amides is 1. The minimum atomic E-state index is 0.287. The number of carbonyl (C=O) groups excluding carboxylic acids is 1. The molecule has 2 aliphatic rings. The molecule has 3 atom stereocenters. The zero-order chi connectivity index (χ0) is 14.2. The van der Waals surface area contributed by atoms with Crippen LogP contribution in [0.4, 0.5) is 0 Å². The highest BCUT2D eigenvalue weighted by atomic mass is 16.1. The van der Waals surface area contributed by atoms with Crippen molar-refractivity contribution in [2.75, 3.05) is 13.1 Å². The third kappa shape index (κ3) is 5.08. The molecule has 2 rings (SSSR count). The van der Waals surface area contributed by atoms with Gasteiger partial charge in [-0.05, 0) is 50.6 Å². The van der Waals surface area contributed by atoms with Crippen LogP contribution in [0.3, 0.4) is 0 Å². The molecule has 20 heavy (non-hydrogen) atoms. The van der Waals surface area contributed by atoms with Crippen LogP contribution in [0.5, 0.6) is 0 Å². The molecule has 1 aliphatic carbocycles. The summed E-state index contributed by atoms with van der Waals surface area (Å²) in [7, 11) is 0. The highest BCUT2D eigenvalue weighted by molar-refractivity contribution is 5.76. The first-order chi connectivity index (χ1) is 9.79. The summed E-state index contributed by atoms with van der Waals surface area (Å²) in [5.41, 5.74) is 0. The van der Waals surface area contributed by atoms with Crippen LogP contribution in [0.15, 0.2) is 0 Å². The smallest absolute Gasteiger partial charge is 0.220 e. The molecule has 0 aromatic carbocycles. The number of rotatable bonds is 8. The van der Waals surface area contributed by atoms with Crippen LogP contribution in [-0.4, -0.2) is 25.0 Å². The van der Waals surface area contributed by atoms with Gasteiger partial charge >= 0.3 is 0 Å². The van der Waals surface area contributed by atoms with Gasteiger partial charge < -0.3 is 10.6 Å². The number of hydrogen-bond acceptors (Lipinski definition) is 2. The minimum absolute atomic E-state index is 0.287. The minimum Gasteiger partial charge on any atom is -0.353 e. The second-order valence-corrected chi connectivity index (χ2v) is 6.77. The Morgan fingerprint density at radius 2 is 1.80 bits per heavy atom. The molecule has 0 bridgehead atoms. The molecule has 1 amide bonds. The molecular formula is C17H32N2O. The zero-order valence-corrected chi connectivity index (χ0v) is 13.1. The van der Waals surface area contributed by atoms with Gasteiger partial charge in [0.25, 0.3) is 0 Å². The van der Waals surface area contributed by atoms with Gasteiger partial charge in [0.2, 0.25) is 5.91 Å². The fraction of sp³-hybridized carbons (Fsp3) is 0.941. The predicted molar refractivity (Wildman–Crippen MR) is 83.6 cm³/mol. The summed E-state index contributed by atoms with van der Waals surface area (Å²) in [6, 6.07) is 0.448. The normalized spacial score (nSPS) is 29.1. The van der Waals surface area contributed by atoms with E-state index < -0.39 is 0 Å². The Morgan fingerprint density at radius 3 is 2.65 bits per heavy atom. The highest BCUT2D eigenvalue weighted by Crippen LogP contribution is 2.32. The van der Waals surface area contributed by atoms with E-state index in [9.17, 15) is 4.79 Å². The second kappa shape index (κ2) is 8.66. The van der Waals surface area contributed by atoms with Crippen molar-refractivity contribution in [2.45, 2.75) is 77.2 Å². The van der Waals surface area contributed by atoms with E-state index in [4.69, 9.17) is 0 Å². The molecule has 1 saturated carbocycles. The standard InChI is InChI=1S/C17H32N2O/c1-2-3-4-5-6-7-8-17(20)19-16-10-9-14-12-18-13-15(14)11-16/h14-16,18H,2-13H2,1H3,(H,19,20)/t14-,15+,16?/m0/s1. The third-order valence-electron chi connectivity index (χ3n) is 5.08. The quantitative estimate of drug-likeness (QED) is 0.670. The number of hydrogen-bond donors (Lipinski definition) is 2. The topological polar surface area (TPSA) is 41.1 Å². The molecule has 3 heteroatoms. The van der Waals surface area contributed by atoms with Gasteiger partial charge in [0.15, 0.2) is 0 Å². The summed E-state index contributed by atoms with van der Waals surface area (Å²) < 4.78 is 0. The van der Waals surface area contributed by atoms with Crippen molar-refractivity contribution in [3.05, 3.63) is 0 Å². The molecule has 116 valence electrons. The molecule has 1 heterocycles. The highest BCUT2D eigenvalue weighted by Gasteiger charge is 2.33. The van der Waals surface area contributed by atoms with Crippen LogP contribution in [0, 0.1) is 11.8 Å². The van der Waals surface area contributed by atoms with Crippen molar-refractivity contribution in [1.82, 2.24) is 10.6 Å². The fourth-order valence-corrected chi connectivity index (χ4v) is 3.80. The van der Waals surface area contributed by atoms with Crippen LogP contribution >= 0.6 is 0 Å². The lowest BCUT2D eigenvalue weighted by Crippen LogP contribution is -2.40. The van der Waals surface area contributed by atoms with Gasteiger partial charge in [-0.1, -0.05) is 39.0 Å². The number of unbranched alkanes of at least 4 members (excludes halogenated alkanes) is 5. The fourth-order valence-electron chi connectivity index (χ4n) is 3.80. The lowest BCUT2D eigenvalue weighted by atomic mass is 9.79. The van der Waals surface area contributed by atoms with Crippen molar-refractivity contribution in [3.8, 4) is 0 Å². The Hall–Kier alpha value is -0.570. The van der Waals surface area contributed by atoms with E-state index in [1.165, 1.54) is 57.9 Å². The second-order valence-electron chi connectivity index (χ2n) is 6.77. The Kier molecular flexibility index (Phi) is 6.85. The van der Waals surface area contributed by atoms with E-state index in [1.807, 2.05) is 0 Å². The van der Waals surface area contributed by atoms with E-state index in [2.05, 4.69) is 17.6 Å². The van der Waals surface area contributed by atoms with Gasteiger partial charge in [-0.15, -0.1) is 0 Å². The lowest BCUT2D eigenvalue weighted by Gasteiger charge is -2.31. The van der Waals surface area contributed by atoms with Gasteiger partial charge in [-0.3, -0.25) is 4.79 Å². The van der Waals surface area contributed by atoms with Crippen LogP contribution in [-0.2, 0) is 4.79 Å². The van der Waals surface area contributed by atoms with E-state index in [0.717, 1.165) is 31.2 Å². The predicted octanol–water partition coefficient (Wildman–Crippen LogP) is 3.24. The summed E-state index contributed by atoms with van der Waals surface area (Å²) in [6.07, 6.45) is 11.9. The number of carbonyl (C=O) groups is 1. The van der Waals surface area contributed by atoms with E-state index >= 15 is 0 Å². The molecule has 0 radical (unpaired) electrons. The largest absolute Gasteiger partial charge is 0.353 e. The average Bonchev–Trinajstić information content (AvgIpc) is 2.90. The molecule has 1 saturated heterocycles. The molecule has 1 aliphatic heterocycles. The summed E-state index contributed by atoms with van der Waals surface area (Å²) in [5, 5.41) is 6.75. The maximum absolute atomic E-state index is 12.0. The molecule has 0 spiro atoms. The molecule has 3 nitrogen and oxygen atoms in total. The van der Waals surface area contributed by atoms with Crippen LogP contribution in [0.1, 0.15) is 71.1 Å². The molecule has 2 fully saturated rings. The molecular weight excluding hydrogens is 248 g/mol. The van der Waals surface area contributed by atoms with Crippen LogP contribution in [0.2, 0.25) is 0 Å². The first-order valence-electron chi connectivity index (χ1n) is 8.79. The van der Waals surface area contributed by atoms with Crippen molar-refractivity contribution in [3.63, 3.8) is 0 Å². The average molecular weight is 280 g/mol. The van der Waals surface area contributed by atoms with Gasteiger partial charge in [0, 0.05) is 12.5 Å². The number of nitrogens with one attached hydrogen (secondary N) is 2. The molecule has 2 N–H and O–H groups in total. The summed E-state index contributed by atoms with van der Waals surface area (Å²) in [5.74, 6) is 1.97. The molecule has 0 aromatic rings. The van der Waals surface area contributed by atoms with Gasteiger partial charge in [-0.2, -0.15) is 0 Å². The monoisotopic (exact) mass is 280 g/mol. The van der Waals surface area contributed by atoms with Crippen molar-refractivity contribution < 1.29 is 4.79 Å². The Labute approximate surface area is 124 Å². The molecule has 0 aromatic heterocycles. The van der Waals surface area contributed by atoms with E-state index in [-0.39, 0.29) is 5.91 Å². The maximum Gasteiger partial charge on any atom is 0.220 e. The summed E-state index contributed by atoms with van der Waals surface area (Å²) >= 11 is 0. The first-order valence-corrected chi connectivity index (χ1v) is 8.79. The Balaban J connectivity index is 1.53. The van der Waals surface area contributed by atoms with Crippen LogP contribution < -0.4 is 10.6 Å². The Bertz CT molecular complexity index is 293. The zero-order valence-electron chi connectivity index (χ0n) is 13.1. The van der Waals surface area contributed by atoms with Crippen LogP contribution in [0.25, 0.3) is 0 Å². The summed E-state index contributed by atoms with van der Waals surface area (Å²) in [6.45, 7) is 4.60. The van der Waals surface area contributed by atoms with E-state index in [0.29, 0.717) is 6.04 Å². The Morgan fingerprint density at radius 1 is 1.05 bits per heavy atom. The van der Waals surface area contributed by atoms with Crippen molar-refractivity contribution in [1.29, 1.82) is 0 Å². The van der Waals surface area contributed by atoms with Crippen molar-refractivity contribution in [2.24, 2.45) is 11.8 Å².